The molecule has 2 rings (SSSR count). The summed E-state index contributed by atoms with van der Waals surface area (Å²) in [6.07, 6.45) is -0.0971. The Morgan fingerprint density at radius 3 is 3.06 bits per heavy atom. The van der Waals surface area contributed by atoms with Crippen LogP contribution in [-0.2, 0) is 11.3 Å². The summed E-state index contributed by atoms with van der Waals surface area (Å²) in [7, 11) is 1.68. The summed E-state index contributed by atoms with van der Waals surface area (Å²) in [6.45, 7) is 2.25. The van der Waals surface area contributed by atoms with Gasteiger partial charge in [0.05, 0.1) is 6.07 Å². The molecule has 0 saturated carbocycles. The molecule has 1 heterocycles. The number of nitrogens with zero attached hydrogens (tertiary/aromatic N) is 3. The highest BCUT2D eigenvalue weighted by molar-refractivity contribution is 5.78. The summed E-state index contributed by atoms with van der Waals surface area (Å²) in [5, 5.41) is 8.47. The van der Waals surface area contributed by atoms with E-state index in [9.17, 15) is 4.79 Å². The minimum absolute atomic E-state index is 0.0971. The number of nitriles is 1. The molecule has 2 aromatic rings. The first-order valence-electron chi connectivity index (χ1n) is 5.57. The molecule has 18 heavy (non-hydrogen) atoms. The predicted molar refractivity (Wildman–Crippen MR) is 65.5 cm³/mol. The molecule has 0 aliphatic carbocycles. The Morgan fingerprint density at radius 2 is 2.33 bits per heavy atom. The average molecular weight is 243 g/mol. The van der Waals surface area contributed by atoms with Crippen LogP contribution in [0.25, 0.3) is 11.1 Å². The van der Waals surface area contributed by atoms with Gasteiger partial charge in [0, 0.05) is 20.5 Å². The zero-order valence-corrected chi connectivity index (χ0v) is 10.3. The molecule has 0 bridgehead atoms. The molecule has 1 aromatic heterocycles. The van der Waals surface area contributed by atoms with Crippen molar-refractivity contribution in [1.82, 2.24) is 9.88 Å². The first-order chi connectivity index (χ1) is 8.60. The van der Waals surface area contributed by atoms with Crippen LogP contribution in [0.5, 0.6) is 0 Å². The molecule has 0 radical (unpaired) electrons. The quantitative estimate of drug-likeness (QED) is 0.826. The molecule has 0 unspecified atom stereocenters. The minimum Gasteiger partial charge on any atom is -0.441 e. The number of aryl methyl sites for hydroxylation is 1. The van der Waals surface area contributed by atoms with Gasteiger partial charge in [0.1, 0.15) is 11.9 Å². The van der Waals surface area contributed by atoms with Crippen LogP contribution >= 0.6 is 0 Å². The Morgan fingerprint density at radius 1 is 1.56 bits per heavy atom. The summed E-state index contributed by atoms with van der Waals surface area (Å²) in [5.41, 5.74) is 2.47. The fraction of sp³-hybridized carbons (Fsp3) is 0.308. The van der Waals surface area contributed by atoms with Gasteiger partial charge in [0.2, 0.25) is 5.91 Å². The molecule has 5 heteroatoms. The molecule has 1 aromatic carbocycles. The van der Waals surface area contributed by atoms with Gasteiger partial charge in [0.15, 0.2) is 11.5 Å². The van der Waals surface area contributed by atoms with Crippen molar-refractivity contribution >= 4 is 17.0 Å². The van der Waals surface area contributed by atoms with Crippen molar-refractivity contribution in [3.05, 3.63) is 29.7 Å². The Kier molecular flexibility index (Phi) is 3.28. The van der Waals surface area contributed by atoms with Crippen LogP contribution in [0.1, 0.15) is 17.9 Å². The topological polar surface area (TPSA) is 70.1 Å². The van der Waals surface area contributed by atoms with Crippen LogP contribution in [0, 0.1) is 18.3 Å². The minimum atomic E-state index is -0.189. The lowest BCUT2D eigenvalue weighted by atomic mass is 10.2. The normalized spacial score (nSPS) is 10.3. The lowest BCUT2D eigenvalue weighted by Crippen LogP contribution is -2.25. The fourth-order valence-corrected chi connectivity index (χ4v) is 1.75. The summed E-state index contributed by atoms with van der Waals surface area (Å²) < 4.78 is 5.43. The highest BCUT2D eigenvalue weighted by Gasteiger charge is 2.10. The summed E-state index contributed by atoms with van der Waals surface area (Å²) >= 11 is 0. The maximum absolute atomic E-state index is 11.5. The standard InChI is InChI=1S/C13H13N3O2/c1-9-15-11-4-3-10(7-12(11)18-9)8-16(2)13(17)5-6-14/h3-4,7H,5,8H2,1-2H3. The van der Waals surface area contributed by atoms with Gasteiger partial charge in [-0.15, -0.1) is 0 Å². The van der Waals surface area contributed by atoms with E-state index in [-0.39, 0.29) is 12.3 Å². The van der Waals surface area contributed by atoms with Crippen molar-refractivity contribution < 1.29 is 9.21 Å². The third kappa shape index (κ3) is 2.48. The lowest BCUT2D eigenvalue weighted by Gasteiger charge is -2.15. The van der Waals surface area contributed by atoms with Crippen LogP contribution in [0.2, 0.25) is 0 Å². The number of benzene rings is 1. The van der Waals surface area contributed by atoms with E-state index >= 15 is 0 Å². The second-order valence-electron chi connectivity index (χ2n) is 4.12. The molecule has 0 aliphatic rings. The third-order valence-corrected chi connectivity index (χ3v) is 2.64. The zero-order chi connectivity index (χ0) is 13.1. The molecule has 1 amide bonds. The molecule has 5 nitrogen and oxygen atoms in total. The molecule has 0 atom stereocenters. The van der Waals surface area contributed by atoms with Gasteiger partial charge in [-0.2, -0.15) is 5.26 Å². The average Bonchev–Trinajstić information content (AvgIpc) is 2.68. The number of carbonyl (C=O) groups excluding carboxylic acids is 1. The van der Waals surface area contributed by atoms with E-state index in [1.54, 1.807) is 14.0 Å². The number of hydrogen-bond acceptors (Lipinski definition) is 4. The highest BCUT2D eigenvalue weighted by atomic mass is 16.3. The maximum Gasteiger partial charge on any atom is 0.236 e. The summed E-state index contributed by atoms with van der Waals surface area (Å²) in [6, 6.07) is 7.48. The predicted octanol–water partition coefficient (Wildman–Crippen LogP) is 2.01. The largest absolute Gasteiger partial charge is 0.441 e. The van der Waals surface area contributed by atoms with Crippen LogP contribution < -0.4 is 0 Å². The van der Waals surface area contributed by atoms with E-state index in [2.05, 4.69) is 4.98 Å². The van der Waals surface area contributed by atoms with Gasteiger partial charge < -0.3 is 9.32 Å². The molecular formula is C13H13N3O2. The number of amides is 1. The van der Waals surface area contributed by atoms with Gasteiger partial charge in [-0.3, -0.25) is 4.79 Å². The molecule has 0 saturated heterocycles. The van der Waals surface area contributed by atoms with Gasteiger partial charge in [0.25, 0.3) is 0 Å². The fourth-order valence-electron chi connectivity index (χ4n) is 1.75. The Bertz CT molecular complexity index is 625. The second-order valence-corrected chi connectivity index (χ2v) is 4.12. The van der Waals surface area contributed by atoms with Crippen molar-refractivity contribution in [3.63, 3.8) is 0 Å². The molecule has 92 valence electrons. The number of fused-ring (bicyclic) bond motifs is 1. The van der Waals surface area contributed by atoms with Gasteiger partial charge in [-0.1, -0.05) is 6.07 Å². The van der Waals surface area contributed by atoms with E-state index in [0.717, 1.165) is 11.1 Å². The number of aromatic nitrogens is 1. The first kappa shape index (κ1) is 12.1. The number of carbonyl (C=O) groups is 1. The Balaban J connectivity index is 2.16. The molecule has 0 aliphatic heterocycles. The van der Waals surface area contributed by atoms with Crippen molar-refractivity contribution in [2.75, 3.05) is 7.05 Å². The number of hydrogen-bond donors (Lipinski definition) is 0. The van der Waals surface area contributed by atoms with Crippen molar-refractivity contribution in [1.29, 1.82) is 5.26 Å². The molecule has 0 N–H and O–H groups in total. The van der Waals surface area contributed by atoms with E-state index in [1.807, 2.05) is 24.3 Å². The van der Waals surface area contributed by atoms with Crippen molar-refractivity contribution in [2.45, 2.75) is 19.9 Å². The van der Waals surface area contributed by atoms with Gasteiger partial charge in [-0.25, -0.2) is 4.98 Å². The first-order valence-corrected chi connectivity index (χ1v) is 5.57. The summed E-state index contributed by atoms with van der Waals surface area (Å²) in [4.78, 5) is 17.2. The third-order valence-electron chi connectivity index (χ3n) is 2.64. The van der Waals surface area contributed by atoms with Gasteiger partial charge >= 0.3 is 0 Å². The Labute approximate surface area is 105 Å². The zero-order valence-electron chi connectivity index (χ0n) is 10.3. The van der Waals surface area contributed by atoms with Crippen LogP contribution in [0.15, 0.2) is 22.6 Å². The van der Waals surface area contributed by atoms with Crippen molar-refractivity contribution in [3.8, 4) is 6.07 Å². The second kappa shape index (κ2) is 4.88. The van der Waals surface area contributed by atoms with Crippen LogP contribution in [-0.4, -0.2) is 22.8 Å². The molecule has 0 spiro atoms. The SMILES string of the molecule is Cc1nc2ccc(CN(C)C(=O)CC#N)cc2o1. The van der Waals surface area contributed by atoms with E-state index in [0.29, 0.717) is 18.0 Å². The van der Waals surface area contributed by atoms with Crippen LogP contribution in [0.4, 0.5) is 0 Å². The Hall–Kier alpha value is -2.35. The monoisotopic (exact) mass is 243 g/mol. The number of rotatable bonds is 3. The maximum atomic E-state index is 11.5. The van der Waals surface area contributed by atoms with E-state index < -0.39 is 0 Å². The van der Waals surface area contributed by atoms with E-state index in [1.165, 1.54) is 4.90 Å². The number of oxazole rings is 1. The lowest BCUT2D eigenvalue weighted by molar-refractivity contribution is -0.129. The van der Waals surface area contributed by atoms with Gasteiger partial charge in [-0.05, 0) is 17.7 Å². The molecule has 0 fully saturated rings. The van der Waals surface area contributed by atoms with Crippen LogP contribution in [0.3, 0.4) is 0 Å². The highest BCUT2D eigenvalue weighted by Crippen LogP contribution is 2.17. The smallest absolute Gasteiger partial charge is 0.236 e. The van der Waals surface area contributed by atoms with Crippen molar-refractivity contribution in [2.24, 2.45) is 0 Å². The molecular weight excluding hydrogens is 230 g/mol. The van der Waals surface area contributed by atoms with E-state index in [4.69, 9.17) is 9.68 Å². The summed E-state index contributed by atoms with van der Waals surface area (Å²) in [5.74, 6) is 0.433.